The summed E-state index contributed by atoms with van der Waals surface area (Å²) in [6.45, 7) is 1.86. The van der Waals surface area contributed by atoms with E-state index in [2.05, 4.69) is 15.0 Å². The number of fused-ring (bicyclic) bond motifs is 1. The first kappa shape index (κ1) is 17.5. The van der Waals surface area contributed by atoms with Crippen LogP contribution in [0.5, 0.6) is 0 Å². The number of benzene rings is 2. The van der Waals surface area contributed by atoms with E-state index in [0.717, 1.165) is 22.7 Å². The molecular weight excluding hydrogens is 360 g/mol. The molecule has 0 unspecified atom stereocenters. The molecule has 0 saturated carbocycles. The molecular formula is C21H13F2N5. The smallest absolute Gasteiger partial charge is 0.142 e. The second-order valence-corrected chi connectivity index (χ2v) is 6.28. The summed E-state index contributed by atoms with van der Waals surface area (Å²) in [4.78, 5) is 12.7. The van der Waals surface area contributed by atoms with E-state index in [-0.39, 0.29) is 22.6 Å². The van der Waals surface area contributed by atoms with Crippen molar-refractivity contribution in [1.29, 1.82) is 5.26 Å². The van der Waals surface area contributed by atoms with Crippen LogP contribution in [0.2, 0.25) is 0 Å². The molecule has 0 amide bonds. The van der Waals surface area contributed by atoms with Gasteiger partial charge in [0.25, 0.3) is 0 Å². The van der Waals surface area contributed by atoms with Gasteiger partial charge in [-0.3, -0.25) is 0 Å². The van der Waals surface area contributed by atoms with Crippen LogP contribution in [-0.4, -0.2) is 15.0 Å². The number of halogens is 2. The Hall–Kier alpha value is -3.92. The molecule has 2 aromatic carbocycles. The first-order chi connectivity index (χ1) is 13.5. The van der Waals surface area contributed by atoms with Crippen LogP contribution in [0.25, 0.3) is 33.3 Å². The monoisotopic (exact) mass is 373 g/mol. The van der Waals surface area contributed by atoms with Crippen molar-refractivity contribution in [2.45, 2.75) is 6.92 Å². The predicted molar refractivity (Wildman–Crippen MR) is 102 cm³/mol. The van der Waals surface area contributed by atoms with Gasteiger partial charge in [-0.25, -0.2) is 23.7 Å². The standard InChI is InChI=1S/C21H13F2N5/c1-11-17-6-12(2-3-19(17)27-10-26-11)18-7-14(9-24)21(25)28-20(18)13-4-15(22)8-16(23)5-13/h2-8,10H,1H3,(H2,25,28). The van der Waals surface area contributed by atoms with Gasteiger partial charge in [0.05, 0.1) is 16.8 Å². The summed E-state index contributed by atoms with van der Waals surface area (Å²) in [5.74, 6) is -1.46. The molecule has 2 heterocycles. The minimum atomic E-state index is -0.728. The van der Waals surface area contributed by atoms with E-state index in [9.17, 15) is 14.0 Å². The number of pyridine rings is 1. The molecule has 0 fully saturated rings. The molecule has 5 nitrogen and oxygen atoms in total. The summed E-state index contributed by atoms with van der Waals surface area (Å²) < 4.78 is 27.6. The summed E-state index contributed by atoms with van der Waals surface area (Å²) in [6, 6.07) is 12.2. The fraction of sp³-hybridized carbons (Fsp3) is 0.0476. The van der Waals surface area contributed by atoms with Crippen molar-refractivity contribution >= 4 is 16.7 Å². The molecule has 4 rings (SSSR count). The Morgan fingerprint density at radius 2 is 1.71 bits per heavy atom. The van der Waals surface area contributed by atoms with Crippen LogP contribution in [0, 0.1) is 29.9 Å². The minimum absolute atomic E-state index is 0.00813. The summed E-state index contributed by atoms with van der Waals surface area (Å²) in [7, 11) is 0. The maximum atomic E-state index is 13.8. The van der Waals surface area contributed by atoms with Crippen LogP contribution in [0.4, 0.5) is 14.6 Å². The van der Waals surface area contributed by atoms with Crippen molar-refractivity contribution in [3.05, 3.63) is 71.7 Å². The lowest BCUT2D eigenvalue weighted by atomic mass is 9.96. The fourth-order valence-electron chi connectivity index (χ4n) is 3.10. The maximum Gasteiger partial charge on any atom is 0.142 e. The van der Waals surface area contributed by atoms with E-state index in [4.69, 9.17) is 5.73 Å². The molecule has 0 atom stereocenters. The Morgan fingerprint density at radius 3 is 2.43 bits per heavy atom. The lowest BCUT2D eigenvalue weighted by Gasteiger charge is -2.13. The predicted octanol–water partition coefficient (Wildman–Crippen LogP) is 4.40. The van der Waals surface area contributed by atoms with Crippen molar-refractivity contribution in [2.75, 3.05) is 5.73 Å². The van der Waals surface area contributed by atoms with E-state index >= 15 is 0 Å². The highest BCUT2D eigenvalue weighted by Gasteiger charge is 2.16. The quantitative estimate of drug-likeness (QED) is 0.563. The van der Waals surface area contributed by atoms with Gasteiger partial charge in [0.1, 0.15) is 29.8 Å². The SMILES string of the molecule is Cc1ncnc2ccc(-c3cc(C#N)c(N)nc3-c3cc(F)cc(F)c3)cc12. The first-order valence-electron chi connectivity index (χ1n) is 8.35. The molecule has 4 aromatic rings. The highest BCUT2D eigenvalue weighted by atomic mass is 19.1. The van der Waals surface area contributed by atoms with Crippen LogP contribution in [0.15, 0.2) is 48.8 Å². The molecule has 0 saturated heterocycles. The largest absolute Gasteiger partial charge is 0.383 e. The van der Waals surface area contributed by atoms with Crippen LogP contribution in [-0.2, 0) is 0 Å². The number of nitrogen functional groups attached to an aromatic ring is 1. The van der Waals surface area contributed by atoms with Gasteiger partial charge in [0, 0.05) is 28.3 Å². The van der Waals surface area contributed by atoms with Crippen LogP contribution >= 0.6 is 0 Å². The van der Waals surface area contributed by atoms with Gasteiger partial charge in [0.15, 0.2) is 0 Å². The van der Waals surface area contributed by atoms with Crippen molar-refractivity contribution in [2.24, 2.45) is 0 Å². The van der Waals surface area contributed by atoms with Crippen molar-refractivity contribution < 1.29 is 8.78 Å². The average molecular weight is 373 g/mol. The zero-order valence-corrected chi connectivity index (χ0v) is 14.7. The third-order valence-electron chi connectivity index (χ3n) is 4.45. The molecule has 0 aliphatic rings. The molecule has 7 heteroatoms. The molecule has 0 spiro atoms. The second kappa shape index (κ2) is 6.67. The Morgan fingerprint density at radius 1 is 0.964 bits per heavy atom. The number of nitriles is 1. The van der Waals surface area contributed by atoms with Gasteiger partial charge < -0.3 is 5.73 Å². The zero-order valence-electron chi connectivity index (χ0n) is 14.7. The first-order valence-corrected chi connectivity index (χ1v) is 8.35. The van der Waals surface area contributed by atoms with Gasteiger partial charge in [-0.05, 0) is 42.8 Å². The summed E-state index contributed by atoms with van der Waals surface area (Å²) >= 11 is 0. The van der Waals surface area contributed by atoms with Gasteiger partial charge in [-0.1, -0.05) is 6.07 Å². The summed E-state index contributed by atoms with van der Waals surface area (Å²) in [5, 5.41) is 10.2. The number of hydrogen-bond acceptors (Lipinski definition) is 5. The summed E-state index contributed by atoms with van der Waals surface area (Å²) in [6.07, 6.45) is 1.48. The van der Waals surface area contributed by atoms with Crippen molar-refractivity contribution in [3.63, 3.8) is 0 Å². The number of aryl methyl sites for hydroxylation is 1. The Kier molecular flexibility index (Phi) is 4.17. The van der Waals surface area contributed by atoms with Crippen LogP contribution < -0.4 is 5.73 Å². The highest BCUT2D eigenvalue weighted by molar-refractivity contribution is 5.90. The van der Waals surface area contributed by atoms with E-state index < -0.39 is 11.6 Å². The Labute approximate surface area is 159 Å². The number of anilines is 1. The number of nitrogens with two attached hydrogens (primary N) is 1. The van der Waals surface area contributed by atoms with E-state index in [1.807, 2.05) is 31.2 Å². The number of nitrogens with zero attached hydrogens (tertiary/aromatic N) is 4. The molecule has 136 valence electrons. The van der Waals surface area contributed by atoms with Gasteiger partial charge in [0.2, 0.25) is 0 Å². The lowest BCUT2D eigenvalue weighted by Crippen LogP contribution is -2.00. The van der Waals surface area contributed by atoms with Crippen molar-refractivity contribution in [1.82, 2.24) is 15.0 Å². The lowest BCUT2D eigenvalue weighted by molar-refractivity contribution is 0.584. The van der Waals surface area contributed by atoms with Crippen LogP contribution in [0.1, 0.15) is 11.3 Å². The van der Waals surface area contributed by atoms with Crippen molar-refractivity contribution in [3.8, 4) is 28.5 Å². The minimum Gasteiger partial charge on any atom is -0.383 e. The third-order valence-corrected chi connectivity index (χ3v) is 4.45. The van der Waals surface area contributed by atoms with Gasteiger partial charge >= 0.3 is 0 Å². The fourth-order valence-corrected chi connectivity index (χ4v) is 3.10. The van der Waals surface area contributed by atoms with Gasteiger partial charge in [-0.2, -0.15) is 5.26 Å². The number of hydrogen-bond donors (Lipinski definition) is 1. The molecule has 0 radical (unpaired) electrons. The van der Waals surface area contributed by atoms with E-state index in [0.29, 0.717) is 11.1 Å². The highest BCUT2D eigenvalue weighted by Crippen LogP contribution is 2.35. The summed E-state index contributed by atoms with van der Waals surface area (Å²) in [5.41, 5.74) is 9.33. The zero-order chi connectivity index (χ0) is 19.8. The third kappa shape index (κ3) is 3.01. The molecule has 0 aliphatic heterocycles. The Bertz CT molecular complexity index is 1260. The van der Waals surface area contributed by atoms with Crippen LogP contribution in [0.3, 0.4) is 0 Å². The topological polar surface area (TPSA) is 88.5 Å². The molecule has 2 aromatic heterocycles. The van der Waals surface area contributed by atoms with E-state index in [1.165, 1.54) is 18.5 Å². The molecule has 2 N–H and O–H groups in total. The molecule has 0 aliphatic carbocycles. The second-order valence-electron chi connectivity index (χ2n) is 6.28. The van der Waals surface area contributed by atoms with Gasteiger partial charge in [-0.15, -0.1) is 0 Å². The number of aromatic nitrogens is 3. The Balaban J connectivity index is 2.03. The molecule has 0 bridgehead atoms. The molecule has 28 heavy (non-hydrogen) atoms. The number of rotatable bonds is 2. The average Bonchev–Trinajstić information content (AvgIpc) is 2.67. The maximum absolute atomic E-state index is 13.8. The van der Waals surface area contributed by atoms with E-state index in [1.54, 1.807) is 6.07 Å². The normalized spacial score (nSPS) is 10.8.